The standard InChI is InChI=1S/C10H21NO3/c1-3-5-6-8-10(7-4-2)9-14-11(12)13/h10H,3-9H2,1-2H3. The lowest BCUT2D eigenvalue weighted by Gasteiger charge is -2.13. The molecule has 0 rings (SSSR count). The van der Waals surface area contributed by atoms with Gasteiger partial charge in [0.1, 0.15) is 0 Å². The Labute approximate surface area is 85.7 Å². The van der Waals surface area contributed by atoms with Crippen LogP contribution in [-0.2, 0) is 4.84 Å². The van der Waals surface area contributed by atoms with Gasteiger partial charge in [-0.1, -0.05) is 39.5 Å². The van der Waals surface area contributed by atoms with E-state index in [-0.39, 0.29) is 6.61 Å². The van der Waals surface area contributed by atoms with E-state index < -0.39 is 5.09 Å². The Morgan fingerprint density at radius 1 is 1.21 bits per heavy atom. The highest BCUT2D eigenvalue weighted by atomic mass is 16.9. The Hall–Kier alpha value is -0.800. The Balaban J connectivity index is 3.59. The number of rotatable bonds is 9. The zero-order chi connectivity index (χ0) is 10.8. The molecule has 4 nitrogen and oxygen atoms in total. The molecule has 0 saturated heterocycles. The van der Waals surface area contributed by atoms with Crippen LogP contribution >= 0.6 is 0 Å². The molecule has 0 fully saturated rings. The van der Waals surface area contributed by atoms with Crippen LogP contribution in [0.4, 0.5) is 0 Å². The average molecular weight is 203 g/mol. The molecule has 0 aliphatic carbocycles. The molecule has 1 atom stereocenters. The first-order valence-corrected chi connectivity index (χ1v) is 5.48. The summed E-state index contributed by atoms with van der Waals surface area (Å²) in [4.78, 5) is 14.4. The van der Waals surface area contributed by atoms with Gasteiger partial charge in [0, 0.05) is 0 Å². The van der Waals surface area contributed by atoms with Crippen LogP contribution in [0.5, 0.6) is 0 Å². The topological polar surface area (TPSA) is 52.4 Å². The summed E-state index contributed by atoms with van der Waals surface area (Å²) in [5, 5.41) is 9.33. The Kier molecular flexibility index (Phi) is 8.28. The minimum atomic E-state index is -0.692. The van der Waals surface area contributed by atoms with Crippen LogP contribution < -0.4 is 0 Å². The smallest absolute Gasteiger partial charge is 0.294 e. The number of hydrogen-bond donors (Lipinski definition) is 0. The molecule has 0 amide bonds. The molecule has 84 valence electrons. The average Bonchev–Trinajstić information content (AvgIpc) is 2.14. The van der Waals surface area contributed by atoms with Crippen LogP contribution in [0.2, 0.25) is 0 Å². The maximum atomic E-state index is 10.0. The summed E-state index contributed by atoms with van der Waals surface area (Å²) in [6.07, 6.45) is 6.70. The van der Waals surface area contributed by atoms with Crippen molar-refractivity contribution in [3.63, 3.8) is 0 Å². The van der Waals surface area contributed by atoms with Gasteiger partial charge in [-0.2, -0.15) is 0 Å². The molecule has 0 radical (unpaired) electrons. The van der Waals surface area contributed by atoms with Gasteiger partial charge in [0.15, 0.2) is 0 Å². The lowest BCUT2D eigenvalue weighted by Crippen LogP contribution is -2.13. The fourth-order valence-corrected chi connectivity index (χ4v) is 1.57. The summed E-state index contributed by atoms with van der Waals surface area (Å²) in [5.41, 5.74) is 0. The second-order valence-corrected chi connectivity index (χ2v) is 3.67. The van der Waals surface area contributed by atoms with Gasteiger partial charge < -0.3 is 4.84 Å². The highest BCUT2D eigenvalue weighted by Gasteiger charge is 2.09. The summed E-state index contributed by atoms with van der Waals surface area (Å²) in [7, 11) is 0. The normalized spacial score (nSPS) is 12.4. The number of unbranched alkanes of at least 4 members (excludes halogenated alkanes) is 2. The van der Waals surface area contributed by atoms with Gasteiger partial charge in [-0.3, -0.25) is 0 Å². The highest BCUT2D eigenvalue weighted by Crippen LogP contribution is 2.15. The molecule has 0 saturated carbocycles. The molecule has 1 unspecified atom stereocenters. The Bertz CT molecular complexity index is 150. The molecule has 0 bridgehead atoms. The molecule has 0 heterocycles. The quantitative estimate of drug-likeness (QED) is 0.328. The first kappa shape index (κ1) is 13.2. The van der Waals surface area contributed by atoms with E-state index in [0.717, 1.165) is 25.7 Å². The Morgan fingerprint density at radius 3 is 2.43 bits per heavy atom. The van der Waals surface area contributed by atoms with E-state index >= 15 is 0 Å². The van der Waals surface area contributed by atoms with Crippen molar-refractivity contribution in [1.82, 2.24) is 0 Å². The van der Waals surface area contributed by atoms with E-state index in [0.29, 0.717) is 5.92 Å². The molecule has 0 N–H and O–H groups in total. The monoisotopic (exact) mass is 203 g/mol. The van der Waals surface area contributed by atoms with Crippen molar-refractivity contribution < 1.29 is 9.92 Å². The van der Waals surface area contributed by atoms with Gasteiger partial charge in [-0.25, -0.2) is 0 Å². The molecule has 4 heteroatoms. The highest BCUT2D eigenvalue weighted by molar-refractivity contribution is 4.57. The van der Waals surface area contributed by atoms with Crippen LogP contribution in [0, 0.1) is 16.0 Å². The third-order valence-electron chi connectivity index (χ3n) is 2.33. The summed E-state index contributed by atoms with van der Waals surface area (Å²) in [6.45, 7) is 4.52. The van der Waals surface area contributed by atoms with Crippen molar-refractivity contribution in [1.29, 1.82) is 0 Å². The predicted molar refractivity (Wildman–Crippen MR) is 55.5 cm³/mol. The fraction of sp³-hybridized carbons (Fsp3) is 1.00. The molecule has 0 aliphatic rings. The van der Waals surface area contributed by atoms with E-state index in [9.17, 15) is 10.1 Å². The second kappa shape index (κ2) is 8.78. The molecule has 0 aromatic heterocycles. The third kappa shape index (κ3) is 7.83. The minimum absolute atomic E-state index is 0.268. The minimum Gasteiger partial charge on any atom is -0.314 e. The lowest BCUT2D eigenvalue weighted by molar-refractivity contribution is -0.759. The molecule has 0 aromatic rings. The zero-order valence-electron chi connectivity index (χ0n) is 9.20. The maximum Gasteiger partial charge on any atom is 0.294 e. The fourth-order valence-electron chi connectivity index (χ4n) is 1.57. The van der Waals surface area contributed by atoms with Crippen LogP contribution in [-0.4, -0.2) is 11.7 Å². The van der Waals surface area contributed by atoms with Crippen LogP contribution in [0.25, 0.3) is 0 Å². The molecule has 14 heavy (non-hydrogen) atoms. The first-order valence-electron chi connectivity index (χ1n) is 5.48. The van der Waals surface area contributed by atoms with Crippen LogP contribution in [0.1, 0.15) is 52.4 Å². The SMILES string of the molecule is CCCCCC(CCC)CO[N+](=O)[O-]. The second-order valence-electron chi connectivity index (χ2n) is 3.67. The van der Waals surface area contributed by atoms with Crippen molar-refractivity contribution in [2.45, 2.75) is 52.4 Å². The molecular weight excluding hydrogens is 182 g/mol. The summed E-state index contributed by atoms with van der Waals surface area (Å²) in [5.74, 6) is 0.358. The summed E-state index contributed by atoms with van der Waals surface area (Å²) >= 11 is 0. The van der Waals surface area contributed by atoms with Gasteiger partial charge >= 0.3 is 0 Å². The molecule has 0 aliphatic heterocycles. The van der Waals surface area contributed by atoms with E-state index in [2.05, 4.69) is 18.7 Å². The zero-order valence-corrected chi connectivity index (χ0v) is 9.20. The van der Waals surface area contributed by atoms with E-state index in [4.69, 9.17) is 0 Å². The summed E-state index contributed by atoms with van der Waals surface area (Å²) in [6, 6.07) is 0. The number of hydrogen-bond acceptors (Lipinski definition) is 3. The van der Waals surface area contributed by atoms with Gasteiger partial charge in [-0.15, -0.1) is 10.1 Å². The van der Waals surface area contributed by atoms with Crippen molar-refractivity contribution in [2.24, 2.45) is 5.92 Å². The van der Waals surface area contributed by atoms with Crippen LogP contribution in [0.3, 0.4) is 0 Å². The van der Waals surface area contributed by atoms with Crippen molar-refractivity contribution in [3.8, 4) is 0 Å². The van der Waals surface area contributed by atoms with Crippen LogP contribution in [0.15, 0.2) is 0 Å². The van der Waals surface area contributed by atoms with E-state index in [1.165, 1.54) is 12.8 Å². The van der Waals surface area contributed by atoms with Crippen molar-refractivity contribution in [3.05, 3.63) is 10.1 Å². The van der Waals surface area contributed by atoms with Crippen molar-refractivity contribution >= 4 is 0 Å². The number of nitrogens with zero attached hydrogens (tertiary/aromatic N) is 1. The molecular formula is C10H21NO3. The first-order chi connectivity index (χ1) is 6.70. The van der Waals surface area contributed by atoms with E-state index in [1.807, 2.05) is 0 Å². The van der Waals surface area contributed by atoms with Gasteiger partial charge in [0.25, 0.3) is 5.09 Å². The van der Waals surface area contributed by atoms with Gasteiger partial charge in [-0.05, 0) is 18.8 Å². The Morgan fingerprint density at radius 2 is 1.93 bits per heavy atom. The molecule has 0 spiro atoms. The third-order valence-corrected chi connectivity index (χ3v) is 2.33. The predicted octanol–water partition coefficient (Wildman–Crippen LogP) is 3.19. The van der Waals surface area contributed by atoms with Gasteiger partial charge in [0.2, 0.25) is 0 Å². The van der Waals surface area contributed by atoms with Crippen molar-refractivity contribution in [2.75, 3.05) is 6.61 Å². The lowest BCUT2D eigenvalue weighted by atomic mass is 9.97. The largest absolute Gasteiger partial charge is 0.314 e. The molecule has 0 aromatic carbocycles. The summed E-state index contributed by atoms with van der Waals surface area (Å²) < 4.78 is 0. The van der Waals surface area contributed by atoms with Gasteiger partial charge in [0.05, 0.1) is 6.61 Å². The van der Waals surface area contributed by atoms with E-state index in [1.54, 1.807) is 0 Å². The maximum absolute atomic E-state index is 10.0.